The second-order valence-electron chi connectivity index (χ2n) is 6.63. The van der Waals surface area contributed by atoms with E-state index in [1.807, 2.05) is 30.3 Å². The zero-order valence-electron chi connectivity index (χ0n) is 15.0. The highest BCUT2D eigenvalue weighted by molar-refractivity contribution is 5.97. The van der Waals surface area contributed by atoms with Crippen molar-refractivity contribution in [2.75, 3.05) is 6.54 Å². The monoisotopic (exact) mass is 364 g/mol. The van der Waals surface area contributed by atoms with Crippen molar-refractivity contribution in [3.05, 3.63) is 47.9 Å². The van der Waals surface area contributed by atoms with Crippen LogP contribution < -0.4 is 10.6 Å². The highest BCUT2D eigenvalue weighted by Crippen LogP contribution is 2.18. The van der Waals surface area contributed by atoms with Gasteiger partial charge in [0.1, 0.15) is 6.04 Å². The van der Waals surface area contributed by atoms with Gasteiger partial charge in [0, 0.05) is 18.1 Å². The van der Waals surface area contributed by atoms with Crippen molar-refractivity contribution < 1.29 is 9.59 Å². The number of fused-ring (bicyclic) bond motifs is 1. The predicted octanol–water partition coefficient (Wildman–Crippen LogP) is 1.52. The third-order valence-corrected chi connectivity index (χ3v) is 4.78. The molecule has 1 unspecified atom stereocenters. The molecule has 2 aromatic heterocycles. The van der Waals surface area contributed by atoms with E-state index in [2.05, 4.69) is 25.9 Å². The van der Waals surface area contributed by atoms with Gasteiger partial charge in [-0.3, -0.25) is 14.6 Å². The lowest BCUT2D eigenvalue weighted by Crippen LogP contribution is -2.45. The molecule has 2 amide bonds. The van der Waals surface area contributed by atoms with Crippen LogP contribution in [-0.2, 0) is 4.79 Å². The molecule has 1 aromatic carbocycles. The molecule has 3 heterocycles. The van der Waals surface area contributed by atoms with Crippen molar-refractivity contribution in [3.8, 4) is 5.69 Å². The molecule has 1 atom stereocenters. The number of hydrogen-bond donors (Lipinski definition) is 2. The van der Waals surface area contributed by atoms with Gasteiger partial charge < -0.3 is 10.6 Å². The van der Waals surface area contributed by atoms with Crippen LogP contribution in [0.4, 0.5) is 0 Å². The Morgan fingerprint density at radius 2 is 2.19 bits per heavy atom. The minimum absolute atomic E-state index is 0.145. The number of aromatic nitrogens is 4. The minimum atomic E-state index is -0.531. The van der Waals surface area contributed by atoms with Crippen molar-refractivity contribution >= 4 is 22.7 Å². The maximum atomic E-state index is 12.6. The first kappa shape index (κ1) is 17.1. The zero-order chi connectivity index (χ0) is 18.8. The Bertz CT molecular complexity index is 1010. The van der Waals surface area contributed by atoms with Gasteiger partial charge in [0.2, 0.25) is 5.91 Å². The van der Waals surface area contributed by atoms with E-state index in [0.29, 0.717) is 18.7 Å². The number of carbonyl (C=O) groups excluding carboxylic acids is 2. The quantitative estimate of drug-likeness (QED) is 0.734. The number of pyridine rings is 1. The van der Waals surface area contributed by atoms with Crippen LogP contribution in [-0.4, -0.2) is 44.4 Å². The molecule has 8 nitrogen and oxygen atoms in total. The highest BCUT2D eigenvalue weighted by Gasteiger charge is 2.25. The number of carbonyl (C=O) groups is 2. The molecule has 138 valence electrons. The molecule has 1 aliphatic heterocycles. The Hall–Kier alpha value is -3.29. The van der Waals surface area contributed by atoms with Gasteiger partial charge in [-0.15, -0.1) is 5.10 Å². The van der Waals surface area contributed by atoms with Crippen LogP contribution in [0.25, 0.3) is 16.6 Å². The number of nitrogens with one attached hydrogen (secondary N) is 2. The second kappa shape index (κ2) is 7.14. The van der Waals surface area contributed by atoms with E-state index in [4.69, 9.17) is 0 Å². The molecular formula is C19H20N6O2. The summed E-state index contributed by atoms with van der Waals surface area (Å²) in [7, 11) is 0. The molecule has 0 saturated carbocycles. The molecule has 0 radical (unpaired) electrons. The van der Waals surface area contributed by atoms with Gasteiger partial charge in [0.05, 0.1) is 16.9 Å². The Morgan fingerprint density at radius 3 is 3.07 bits per heavy atom. The molecule has 2 N–H and O–H groups in total. The number of rotatable bonds is 3. The lowest BCUT2D eigenvalue weighted by Gasteiger charge is -2.14. The molecule has 0 bridgehead atoms. The predicted molar refractivity (Wildman–Crippen MR) is 99.5 cm³/mol. The van der Waals surface area contributed by atoms with E-state index in [9.17, 15) is 9.59 Å². The SMILES string of the molecule is Cc1c(C(=O)NC2CCCCNC2=O)nnn1-c1ccc2ncccc2c1. The maximum Gasteiger partial charge on any atom is 0.274 e. The van der Waals surface area contributed by atoms with Gasteiger partial charge in [0.25, 0.3) is 5.91 Å². The van der Waals surface area contributed by atoms with Crippen LogP contribution in [0.3, 0.4) is 0 Å². The van der Waals surface area contributed by atoms with Gasteiger partial charge in [-0.25, -0.2) is 4.68 Å². The second-order valence-corrected chi connectivity index (χ2v) is 6.63. The lowest BCUT2D eigenvalue weighted by molar-refractivity contribution is -0.122. The molecular weight excluding hydrogens is 344 g/mol. The summed E-state index contributed by atoms with van der Waals surface area (Å²) in [5, 5.41) is 14.7. The van der Waals surface area contributed by atoms with Gasteiger partial charge in [-0.2, -0.15) is 0 Å². The number of benzene rings is 1. The third-order valence-electron chi connectivity index (χ3n) is 4.78. The van der Waals surface area contributed by atoms with Crippen molar-refractivity contribution in [1.82, 2.24) is 30.6 Å². The zero-order valence-corrected chi connectivity index (χ0v) is 15.0. The largest absolute Gasteiger partial charge is 0.354 e. The molecule has 3 aromatic rings. The van der Waals surface area contributed by atoms with E-state index in [0.717, 1.165) is 29.4 Å². The van der Waals surface area contributed by atoms with Gasteiger partial charge >= 0.3 is 0 Å². The Balaban J connectivity index is 1.59. The number of nitrogens with zero attached hydrogens (tertiary/aromatic N) is 4. The van der Waals surface area contributed by atoms with E-state index >= 15 is 0 Å². The molecule has 27 heavy (non-hydrogen) atoms. The topological polar surface area (TPSA) is 102 Å². The van der Waals surface area contributed by atoms with Crippen molar-refractivity contribution in [3.63, 3.8) is 0 Å². The molecule has 4 rings (SSSR count). The van der Waals surface area contributed by atoms with Crippen molar-refractivity contribution in [2.45, 2.75) is 32.2 Å². The molecule has 1 fully saturated rings. The minimum Gasteiger partial charge on any atom is -0.354 e. The first-order chi connectivity index (χ1) is 13.1. The number of hydrogen-bond acceptors (Lipinski definition) is 5. The smallest absolute Gasteiger partial charge is 0.274 e. The maximum absolute atomic E-state index is 12.6. The van der Waals surface area contributed by atoms with Gasteiger partial charge in [-0.05, 0) is 50.5 Å². The molecule has 0 spiro atoms. The fourth-order valence-corrected chi connectivity index (χ4v) is 3.28. The van der Waals surface area contributed by atoms with Crippen LogP contribution >= 0.6 is 0 Å². The Labute approximate surface area is 156 Å². The van der Waals surface area contributed by atoms with Crippen LogP contribution in [0, 0.1) is 6.92 Å². The summed E-state index contributed by atoms with van der Waals surface area (Å²) in [5.41, 5.74) is 2.52. The summed E-state index contributed by atoms with van der Waals surface area (Å²) in [6.07, 6.45) is 4.18. The standard InChI is InChI=1S/C19H20N6O2/c1-12-17(19(27)22-16-6-2-3-9-21-18(16)26)23-24-25(12)14-7-8-15-13(11-14)5-4-10-20-15/h4-5,7-8,10-11,16H,2-3,6,9H2,1H3,(H,21,26)(H,22,27). The summed E-state index contributed by atoms with van der Waals surface area (Å²) in [6.45, 7) is 2.44. The van der Waals surface area contributed by atoms with Crippen LogP contribution in [0.5, 0.6) is 0 Å². The van der Waals surface area contributed by atoms with Gasteiger partial charge in [-0.1, -0.05) is 11.3 Å². The molecule has 1 saturated heterocycles. The summed E-state index contributed by atoms with van der Waals surface area (Å²) in [5.74, 6) is -0.531. The van der Waals surface area contributed by atoms with Gasteiger partial charge in [0.15, 0.2) is 5.69 Å². The average Bonchev–Trinajstić information content (AvgIpc) is 2.96. The van der Waals surface area contributed by atoms with Crippen molar-refractivity contribution in [2.24, 2.45) is 0 Å². The third kappa shape index (κ3) is 3.38. The summed E-state index contributed by atoms with van der Waals surface area (Å²) in [4.78, 5) is 29.0. The Kier molecular flexibility index (Phi) is 4.53. The highest BCUT2D eigenvalue weighted by atomic mass is 16.2. The average molecular weight is 364 g/mol. The van der Waals surface area contributed by atoms with Crippen molar-refractivity contribution in [1.29, 1.82) is 0 Å². The fraction of sp³-hybridized carbons (Fsp3) is 0.316. The normalized spacial score (nSPS) is 17.4. The van der Waals surface area contributed by atoms with Crippen LogP contribution in [0.15, 0.2) is 36.5 Å². The summed E-state index contributed by atoms with van der Waals surface area (Å²) in [6, 6.07) is 9.05. The fourth-order valence-electron chi connectivity index (χ4n) is 3.28. The van der Waals surface area contributed by atoms with Crippen LogP contribution in [0.2, 0.25) is 0 Å². The molecule has 0 aliphatic carbocycles. The Morgan fingerprint density at radius 1 is 1.30 bits per heavy atom. The summed E-state index contributed by atoms with van der Waals surface area (Å²) >= 11 is 0. The van der Waals surface area contributed by atoms with E-state index in [1.54, 1.807) is 17.8 Å². The lowest BCUT2D eigenvalue weighted by atomic mass is 10.1. The van der Waals surface area contributed by atoms with E-state index in [1.165, 1.54) is 0 Å². The van der Waals surface area contributed by atoms with E-state index in [-0.39, 0.29) is 17.5 Å². The molecule has 8 heteroatoms. The van der Waals surface area contributed by atoms with Crippen LogP contribution in [0.1, 0.15) is 35.4 Å². The molecule has 1 aliphatic rings. The first-order valence-corrected chi connectivity index (χ1v) is 8.99. The summed E-state index contributed by atoms with van der Waals surface area (Å²) < 4.78 is 1.62. The number of amides is 2. The van der Waals surface area contributed by atoms with E-state index < -0.39 is 6.04 Å². The first-order valence-electron chi connectivity index (χ1n) is 8.99.